The molecule has 0 N–H and O–H groups in total. The number of nitrogens with zero attached hydrogens (tertiary/aromatic N) is 1. The minimum Gasteiger partial charge on any atom is -0.297 e. The largest absolute Gasteiger partial charge is 0.297 e. The summed E-state index contributed by atoms with van der Waals surface area (Å²) in [6.07, 6.45) is 3.34. The maximum atomic E-state index is 10.5. The monoisotopic (exact) mass is 215 g/mol. The van der Waals surface area contributed by atoms with Crippen LogP contribution in [0.1, 0.15) is 13.3 Å². The maximum absolute atomic E-state index is 10.5. The first-order valence-electron chi connectivity index (χ1n) is 3.93. The van der Waals surface area contributed by atoms with Crippen molar-refractivity contribution in [2.24, 2.45) is 4.99 Å². The second-order valence-corrected chi connectivity index (χ2v) is 4.00. The molecule has 2 nitrogen and oxygen atoms in total. The summed E-state index contributed by atoms with van der Waals surface area (Å²) in [6, 6.07) is 0. The number of halogens is 1. The number of carbonyl (C=O) groups is 1. The van der Waals surface area contributed by atoms with E-state index in [1.165, 1.54) is 11.8 Å². The fourth-order valence-corrected chi connectivity index (χ4v) is 2.16. The summed E-state index contributed by atoms with van der Waals surface area (Å²) in [5.74, 6) is 0. The lowest BCUT2D eigenvalue weighted by Gasteiger charge is -2.00. The maximum Gasteiger partial charge on any atom is 0.156 e. The highest BCUT2D eigenvalue weighted by Crippen LogP contribution is 2.36. The van der Waals surface area contributed by atoms with Crippen molar-refractivity contribution < 1.29 is 4.79 Å². The second-order valence-electron chi connectivity index (χ2n) is 2.46. The Kier molecular flexibility index (Phi) is 3.75. The average Bonchev–Trinajstić information content (AvgIpc) is 2.59. The molecule has 4 heteroatoms. The third-order valence-corrected chi connectivity index (χ3v) is 3.32. The first kappa shape index (κ1) is 10.5. The van der Waals surface area contributed by atoms with E-state index in [0.29, 0.717) is 4.91 Å². The smallest absolute Gasteiger partial charge is 0.156 e. The molecule has 1 rings (SSSR count). The van der Waals surface area contributed by atoms with Crippen molar-refractivity contribution in [1.82, 2.24) is 0 Å². The molecule has 0 spiro atoms. The molecule has 13 heavy (non-hydrogen) atoms. The number of carbonyl (C=O) groups excluding carboxylic acids is 1. The number of hydrogen-bond acceptors (Lipinski definition) is 3. The van der Waals surface area contributed by atoms with Crippen LogP contribution in [-0.4, -0.2) is 19.0 Å². The molecule has 0 aliphatic carbocycles. The molecular weight excluding hydrogens is 206 g/mol. The first-order chi connectivity index (χ1) is 6.22. The van der Waals surface area contributed by atoms with Crippen LogP contribution in [0.15, 0.2) is 25.9 Å². The molecule has 1 aliphatic rings. The van der Waals surface area contributed by atoms with Crippen molar-refractivity contribution in [3.8, 4) is 0 Å². The van der Waals surface area contributed by atoms with Gasteiger partial charge in [-0.1, -0.05) is 30.3 Å². The zero-order valence-corrected chi connectivity index (χ0v) is 9.08. The summed E-state index contributed by atoms with van der Waals surface area (Å²) in [7, 11) is 1.69. The van der Waals surface area contributed by atoms with E-state index in [-0.39, 0.29) is 0 Å². The van der Waals surface area contributed by atoms with Gasteiger partial charge in [-0.05, 0) is 12.5 Å². The number of aldehydes is 1. The van der Waals surface area contributed by atoms with E-state index in [1.807, 2.05) is 6.92 Å². The summed E-state index contributed by atoms with van der Waals surface area (Å²) in [5, 5.41) is 0.763. The first-order valence-corrected chi connectivity index (χ1v) is 5.12. The third kappa shape index (κ3) is 2.23. The number of thioether (sulfide) groups is 1. The van der Waals surface area contributed by atoms with Crippen LogP contribution >= 0.6 is 23.4 Å². The molecule has 0 unspecified atom stereocenters. The normalized spacial score (nSPS) is 23.3. The van der Waals surface area contributed by atoms with Gasteiger partial charge in [0.25, 0.3) is 0 Å². The molecule has 0 atom stereocenters. The Morgan fingerprint density at radius 1 is 1.77 bits per heavy atom. The molecule has 0 aromatic heterocycles. The second kappa shape index (κ2) is 4.63. The van der Waals surface area contributed by atoms with E-state index in [2.05, 4.69) is 4.99 Å². The zero-order valence-electron chi connectivity index (χ0n) is 7.50. The number of hydrogen-bond donors (Lipinski definition) is 0. The van der Waals surface area contributed by atoms with Crippen molar-refractivity contribution >= 4 is 35.4 Å². The molecule has 0 aromatic rings. The summed E-state index contributed by atoms with van der Waals surface area (Å²) >= 11 is 7.38. The lowest BCUT2D eigenvalue weighted by molar-refractivity contribution is -0.104. The minimum absolute atomic E-state index is 0.669. The van der Waals surface area contributed by atoms with Crippen LogP contribution in [0, 0.1) is 0 Å². The molecule has 0 radical (unpaired) electrons. The van der Waals surface area contributed by atoms with Gasteiger partial charge in [0.05, 0.1) is 15.5 Å². The van der Waals surface area contributed by atoms with Gasteiger partial charge in [0, 0.05) is 12.1 Å². The Bertz CT molecular complexity index is 318. The van der Waals surface area contributed by atoms with Crippen molar-refractivity contribution in [3.63, 3.8) is 0 Å². The number of allylic oxidation sites excluding steroid dienone is 4. The topological polar surface area (TPSA) is 29.4 Å². The van der Waals surface area contributed by atoms with Crippen LogP contribution in [0.25, 0.3) is 0 Å². The standard InChI is InChI=1S/C9H10ClNOS/c1-3-7(10)9-8(11-2)4-6(5-12)13-9/h4-5H,3H2,1-2H3/b9-7-,11-8?. The van der Waals surface area contributed by atoms with Gasteiger partial charge in [-0.2, -0.15) is 0 Å². The van der Waals surface area contributed by atoms with Gasteiger partial charge in [0.2, 0.25) is 0 Å². The Hall–Kier alpha value is -0.540. The molecule has 1 heterocycles. The summed E-state index contributed by atoms with van der Waals surface area (Å²) in [6.45, 7) is 1.97. The van der Waals surface area contributed by atoms with Crippen molar-refractivity contribution in [3.05, 3.63) is 20.9 Å². The number of aliphatic imine (C=N–C) groups is 1. The molecule has 0 fully saturated rings. The van der Waals surface area contributed by atoms with Crippen molar-refractivity contribution in [2.45, 2.75) is 13.3 Å². The molecule has 70 valence electrons. The molecular formula is C9H10ClNOS. The quantitative estimate of drug-likeness (QED) is 0.663. The van der Waals surface area contributed by atoms with Crippen molar-refractivity contribution in [1.29, 1.82) is 0 Å². The van der Waals surface area contributed by atoms with Crippen LogP contribution in [0.2, 0.25) is 0 Å². The lowest BCUT2D eigenvalue weighted by Crippen LogP contribution is -1.92. The Labute approximate surface area is 86.8 Å². The molecule has 0 aromatic carbocycles. The molecule has 1 aliphatic heterocycles. The van der Waals surface area contributed by atoms with Gasteiger partial charge < -0.3 is 0 Å². The predicted octanol–water partition coefficient (Wildman–Crippen LogP) is 2.75. The van der Waals surface area contributed by atoms with Gasteiger partial charge in [0.1, 0.15) is 0 Å². The Morgan fingerprint density at radius 3 is 2.92 bits per heavy atom. The summed E-state index contributed by atoms with van der Waals surface area (Å²) in [5.41, 5.74) is 0.805. The number of rotatable bonds is 2. The molecule has 0 bridgehead atoms. The van der Waals surface area contributed by atoms with Crippen LogP contribution in [0.5, 0.6) is 0 Å². The van der Waals surface area contributed by atoms with E-state index in [0.717, 1.165) is 28.4 Å². The summed E-state index contributed by atoms with van der Waals surface area (Å²) < 4.78 is 0. The Balaban J connectivity index is 3.03. The van der Waals surface area contributed by atoms with Crippen LogP contribution in [-0.2, 0) is 4.79 Å². The summed E-state index contributed by atoms with van der Waals surface area (Å²) in [4.78, 5) is 16.1. The van der Waals surface area contributed by atoms with Crippen LogP contribution < -0.4 is 0 Å². The third-order valence-electron chi connectivity index (χ3n) is 1.65. The molecule has 0 saturated heterocycles. The van der Waals surface area contributed by atoms with E-state index in [9.17, 15) is 4.79 Å². The van der Waals surface area contributed by atoms with Gasteiger partial charge in [0.15, 0.2) is 6.29 Å². The van der Waals surface area contributed by atoms with E-state index in [1.54, 1.807) is 13.1 Å². The SMILES string of the molecule is CC/C(Cl)=C1/SC(C=O)=CC1=NC. The highest BCUT2D eigenvalue weighted by Gasteiger charge is 2.19. The highest BCUT2D eigenvalue weighted by atomic mass is 35.5. The van der Waals surface area contributed by atoms with E-state index in [4.69, 9.17) is 11.6 Å². The van der Waals surface area contributed by atoms with Crippen molar-refractivity contribution in [2.75, 3.05) is 7.05 Å². The minimum atomic E-state index is 0.669. The van der Waals surface area contributed by atoms with Gasteiger partial charge in [-0.15, -0.1) is 0 Å². The van der Waals surface area contributed by atoms with E-state index < -0.39 is 0 Å². The van der Waals surface area contributed by atoms with E-state index >= 15 is 0 Å². The van der Waals surface area contributed by atoms with Crippen LogP contribution in [0.3, 0.4) is 0 Å². The van der Waals surface area contributed by atoms with Crippen LogP contribution in [0.4, 0.5) is 0 Å². The van der Waals surface area contributed by atoms with Gasteiger partial charge >= 0.3 is 0 Å². The fraction of sp³-hybridized carbons (Fsp3) is 0.333. The average molecular weight is 216 g/mol. The molecule has 0 amide bonds. The fourth-order valence-electron chi connectivity index (χ4n) is 0.979. The highest BCUT2D eigenvalue weighted by molar-refractivity contribution is 8.09. The lowest BCUT2D eigenvalue weighted by atomic mass is 10.3. The predicted molar refractivity (Wildman–Crippen MR) is 58.3 cm³/mol. The zero-order chi connectivity index (χ0) is 9.84. The Morgan fingerprint density at radius 2 is 2.46 bits per heavy atom. The van der Waals surface area contributed by atoms with Gasteiger partial charge in [-0.3, -0.25) is 9.79 Å². The van der Waals surface area contributed by atoms with Gasteiger partial charge in [-0.25, -0.2) is 0 Å². The molecule has 0 saturated carbocycles.